The molecule has 0 radical (unpaired) electrons. The molecule has 1 aromatic rings. The van der Waals surface area contributed by atoms with E-state index in [0.29, 0.717) is 24.5 Å². The third-order valence-electron chi connectivity index (χ3n) is 7.11. The van der Waals surface area contributed by atoms with E-state index in [1.54, 1.807) is 14.2 Å². The molecule has 0 spiro atoms. The fourth-order valence-electron chi connectivity index (χ4n) is 6.36. The smallest absolute Gasteiger partial charge is 0.239 e. The number of rotatable bonds is 8. The van der Waals surface area contributed by atoms with Gasteiger partial charge in [-0.1, -0.05) is 0 Å². The van der Waals surface area contributed by atoms with Crippen molar-refractivity contribution in [3.05, 3.63) is 23.8 Å². The second-order valence-electron chi connectivity index (χ2n) is 9.33. The molecule has 29 heavy (non-hydrogen) atoms. The molecule has 2 amide bonds. The molecule has 1 aromatic carbocycles. The Labute approximate surface area is 172 Å². The molecular formula is C23H32N2O4. The average Bonchev–Trinajstić information content (AvgIpc) is 2.69. The van der Waals surface area contributed by atoms with Crippen LogP contribution in [0.25, 0.3) is 0 Å². The van der Waals surface area contributed by atoms with Crippen LogP contribution in [0.4, 0.5) is 0 Å². The lowest BCUT2D eigenvalue weighted by Gasteiger charge is -2.56. The molecule has 5 rings (SSSR count). The Morgan fingerprint density at radius 2 is 1.62 bits per heavy atom. The van der Waals surface area contributed by atoms with E-state index in [-0.39, 0.29) is 23.8 Å². The lowest BCUT2D eigenvalue weighted by Crippen LogP contribution is -2.48. The third-order valence-corrected chi connectivity index (χ3v) is 7.11. The molecule has 0 saturated heterocycles. The zero-order valence-electron chi connectivity index (χ0n) is 17.5. The first kappa shape index (κ1) is 20.0. The Morgan fingerprint density at radius 3 is 2.21 bits per heavy atom. The molecule has 4 saturated carbocycles. The molecule has 2 N–H and O–H groups in total. The molecule has 4 aliphatic carbocycles. The fourth-order valence-corrected chi connectivity index (χ4v) is 6.36. The molecule has 0 unspecified atom stereocenters. The summed E-state index contributed by atoms with van der Waals surface area (Å²) < 4.78 is 10.6. The number of benzene rings is 1. The van der Waals surface area contributed by atoms with Crippen LogP contribution in [0.1, 0.15) is 50.5 Å². The summed E-state index contributed by atoms with van der Waals surface area (Å²) in [7, 11) is 3.20. The first-order valence-corrected chi connectivity index (χ1v) is 10.7. The van der Waals surface area contributed by atoms with Crippen molar-refractivity contribution in [3.63, 3.8) is 0 Å². The maximum Gasteiger partial charge on any atom is 0.239 e. The summed E-state index contributed by atoms with van der Waals surface area (Å²) in [6.45, 7) is 0.335. The van der Waals surface area contributed by atoms with Crippen molar-refractivity contribution >= 4 is 11.8 Å². The molecule has 158 valence electrons. The van der Waals surface area contributed by atoms with Crippen LogP contribution in [0.15, 0.2) is 18.2 Å². The normalized spacial score (nSPS) is 29.4. The summed E-state index contributed by atoms with van der Waals surface area (Å²) in [6, 6.07) is 5.47. The SMILES string of the molecule is COc1ccc(OC)c(CNC(=O)CNC(=O)CC23CC4CC(CC(C4)C2)C3)c1. The minimum absolute atomic E-state index is 0.0114. The van der Waals surface area contributed by atoms with Gasteiger partial charge in [0.25, 0.3) is 0 Å². The summed E-state index contributed by atoms with van der Waals surface area (Å²) in [5.74, 6) is 3.70. The van der Waals surface area contributed by atoms with Crippen LogP contribution < -0.4 is 20.1 Å². The van der Waals surface area contributed by atoms with E-state index in [1.165, 1.54) is 38.5 Å². The van der Waals surface area contributed by atoms with E-state index in [9.17, 15) is 9.59 Å². The van der Waals surface area contributed by atoms with E-state index in [0.717, 1.165) is 23.3 Å². The van der Waals surface area contributed by atoms with Gasteiger partial charge in [0.05, 0.1) is 20.8 Å². The summed E-state index contributed by atoms with van der Waals surface area (Å²) in [5.41, 5.74) is 1.03. The number of nitrogens with one attached hydrogen (secondary N) is 2. The quantitative estimate of drug-likeness (QED) is 0.703. The lowest BCUT2D eigenvalue weighted by atomic mass is 9.49. The summed E-state index contributed by atoms with van der Waals surface area (Å²) in [6.07, 6.45) is 8.30. The van der Waals surface area contributed by atoms with Gasteiger partial charge in [0, 0.05) is 18.5 Å². The minimum Gasteiger partial charge on any atom is -0.497 e. The Hall–Kier alpha value is -2.24. The molecule has 0 heterocycles. The van der Waals surface area contributed by atoms with Gasteiger partial charge in [-0.2, -0.15) is 0 Å². The second kappa shape index (κ2) is 8.25. The van der Waals surface area contributed by atoms with Crippen molar-refractivity contribution in [1.29, 1.82) is 0 Å². The topological polar surface area (TPSA) is 76.7 Å². The number of carbonyl (C=O) groups is 2. The van der Waals surface area contributed by atoms with Crippen LogP contribution in [0, 0.1) is 23.2 Å². The average molecular weight is 401 g/mol. The van der Waals surface area contributed by atoms with E-state index < -0.39 is 0 Å². The monoisotopic (exact) mass is 400 g/mol. The number of methoxy groups -OCH3 is 2. The molecule has 4 bridgehead atoms. The summed E-state index contributed by atoms with van der Waals surface area (Å²) in [5, 5.41) is 5.69. The lowest BCUT2D eigenvalue weighted by molar-refractivity contribution is -0.131. The first-order chi connectivity index (χ1) is 14.0. The van der Waals surface area contributed by atoms with Gasteiger partial charge >= 0.3 is 0 Å². The molecule has 0 aromatic heterocycles. The Morgan fingerprint density at radius 1 is 0.966 bits per heavy atom. The first-order valence-electron chi connectivity index (χ1n) is 10.7. The number of hydrogen-bond donors (Lipinski definition) is 2. The van der Waals surface area contributed by atoms with Crippen LogP contribution in [0.5, 0.6) is 11.5 Å². The van der Waals surface area contributed by atoms with Crippen molar-refractivity contribution in [1.82, 2.24) is 10.6 Å². The van der Waals surface area contributed by atoms with Gasteiger partial charge in [-0.15, -0.1) is 0 Å². The standard InChI is InChI=1S/C23H32N2O4/c1-28-19-3-4-20(29-2)18(8-19)13-24-22(27)14-25-21(26)12-23-9-15-5-16(10-23)7-17(6-15)11-23/h3-4,8,15-17H,5-7,9-14H2,1-2H3,(H,24,27)(H,25,26). The van der Waals surface area contributed by atoms with E-state index in [1.807, 2.05) is 18.2 Å². The van der Waals surface area contributed by atoms with Gasteiger partial charge in [0.15, 0.2) is 0 Å². The zero-order chi connectivity index (χ0) is 20.4. The van der Waals surface area contributed by atoms with Crippen LogP contribution in [0.3, 0.4) is 0 Å². The summed E-state index contributed by atoms with van der Waals surface area (Å²) in [4.78, 5) is 24.8. The number of ether oxygens (including phenoxy) is 2. The highest BCUT2D eigenvalue weighted by atomic mass is 16.5. The van der Waals surface area contributed by atoms with Gasteiger partial charge in [-0.05, 0) is 79.9 Å². The van der Waals surface area contributed by atoms with E-state index in [4.69, 9.17) is 9.47 Å². The van der Waals surface area contributed by atoms with Crippen LogP contribution in [-0.2, 0) is 16.1 Å². The van der Waals surface area contributed by atoms with Gasteiger partial charge in [0.2, 0.25) is 11.8 Å². The highest BCUT2D eigenvalue weighted by molar-refractivity contribution is 5.85. The molecular weight excluding hydrogens is 368 g/mol. The zero-order valence-corrected chi connectivity index (χ0v) is 17.5. The predicted octanol–water partition coefficient (Wildman–Crippen LogP) is 3.04. The Kier molecular flexibility index (Phi) is 5.70. The second-order valence-corrected chi connectivity index (χ2v) is 9.33. The molecule has 0 atom stereocenters. The van der Waals surface area contributed by atoms with Crippen molar-refractivity contribution in [2.45, 2.75) is 51.5 Å². The van der Waals surface area contributed by atoms with Crippen molar-refractivity contribution in [2.75, 3.05) is 20.8 Å². The van der Waals surface area contributed by atoms with Crippen molar-refractivity contribution < 1.29 is 19.1 Å². The predicted molar refractivity (Wildman–Crippen MR) is 110 cm³/mol. The largest absolute Gasteiger partial charge is 0.497 e. The van der Waals surface area contributed by atoms with Crippen LogP contribution >= 0.6 is 0 Å². The van der Waals surface area contributed by atoms with Gasteiger partial charge < -0.3 is 20.1 Å². The van der Waals surface area contributed by atoms with Crippen LogP contribution in [0.2, 0.25) is 0 Å². The van der Waals surface area contributed by atoms with Crippen LogP contribution in [-0.4, -0.2) is 32.6 Å². The number of amides is 2. The van der Waals surface area contributed by atoms with Crippen molar-refractivity contribution in [3.8, 4) is 11.5 Å². The van der Waals surface area contributed by atoms with Gasteiger partial charge in [-0.25, -0.2) is 0 Å². The maximum atomic E-state index is 12.6. The van der Waals surface area contributed by atoms with Crippen molar-refractivity contribution in [2.24, 2.45) is 23.2 Å². The highest BCUT2D eigenvalue weighted by Crippen LogP contribution is 2.61. The Balaban J connectivity index is 1.24. The van der Waals surface area contributed by atoms with E-state index in [2.05, 4.69) is 10.6 Å². The number of carbonyl (C=O) groups excluding carboxylic acids is 2. The summed E-state index contributed by atoms with van der Waals surface area (Å²) >= 11 is 0. The van der Waals surface area contributed by atoms with Gasteiger partial charge in [-0.3, -0.25) is 9.59 Å². The maximum absolute atomic E-state index is 12.6. The molecule has 4 fully saturated rings. The Bertz CT molecular complexity index is 741. The van der Waals surface area contributed by atoms with E-state index >= 15 is 0 Å². The molecule has 6 nitrogen and oxygen atoms in total. The molecule has 6 heteroatoms. The third kappa shape index (κ3) is 4.51. The minimum atomic E-state index is -0.200. The van der Waals surface area contributed by atoms with Gasteiger partial charge in [0.1, 0.15) is 11.5 Å². The molecule has 4 aliphatic rings. The molecule has 0 aliphatic heterocycles. The number of hydrogen-bond acceptors (Lipinski definition) is 4. The highest BCUT2D eigenvalue weighted by Gasteiger charge is 2.51. The fraction of sp³-hybridized carbons (Fsp3) is 0.652.